The number of ether oxygens (including phenoxy) is 1. The maximum atomic E-state index is 5.47. The van der Waals surface area contributed by atoms with Crippen molar-refractivity contribution in [3.8, 4) is 0 Å². The van der Waals surface area contributed by atoms with Gasteiger partial charge in [-0.3, -0.25) is 4.68 Å². The van der Waals surface area contributed by atoms with E-state index in [2.05, 4.69) is 24.3 Å². The van der Waals surface area contributed by atoms with Crippen LogP contribution in [-0.2, 0) is 18.3 Å². The lowest BCUT2D eigenvalue weighted by Crippen LogP contribution is -2.37. The maximum Gasteiger partial charge on any atom is 0.0622 e. The summed E-state index contributed by atoms with van der Waals surface area (Å²) in [7, 11) is 1.93. The summed E-state index contributed by atoms with van der Waals surface area (Å²) >= 11 is 0. The van der Waals surface area contributed by atoms with E-state index in [1.807, 2.05) is 31.0 Å². The van der Waals surface area contributed by atoms with Crippen LogP contribution in [0.25, 0.3) is 0 Å². The summed E-state index contributed by atoms with van der Waals surface area (Å²) in [5.74, 6) is 0.572. The van der Waals surface area contributed by atoms with Crippen LogP contribution in [0, 0.1) is 5.92 Å². The van der Waals surface area contributed by atoms with E-state index >= 15 is 0 Å². The first-order chi connectivity index (χ1) is 7.63. The number of nitrogens with one attached hydrogen (secondary N) is 1. The average Bonchev–Trinajstić information content (AvgIpc) is 2.64. The Hall–Kier alpha value is -0.870. The predicted octanol–water partition coefficient (Wildman–Crippen LogP) is 1.57. The molecule has 0 saturated carbocycles. The van der Waals surface area contributed by atoms with Crippen LogP contribution in [0.15, 0.2) is 12.4 Å². The molecular formula is C12H23N3O. The van der Waals surface area contributed by atoms with Gasteiger partial charge in [0.2, 0.25) is 0 Å². The Morgan fingerprint density at radius 3 is 2.75 bits per heavy atom. The molecule has 1 rings (SSSR count). The first-order valence-electron chi connectivity index (χ1n) is 5.92. The molecule has 0 amide bonds. The fraction of sp³-hybridized carbons (Fsp3) is 0.750. The molecular weight excluding hydrogens is 202 g/mol. The molecule has 1 N–H and O–H groups in total. The van der Waals surface area contributed by atoms with Crippen LogP contribution in [0.4, 0.5) is 0 Å². The third-order valence-electron chi connectivity index (χ3n) is 2.63. The second-order valence-electron chi connectivity index (χ2n) is 4.41. The number of rotatable bonds is 7. The minimum Gasteiger partial charge on any atom is -0.380 e. The van der Waals surface area contributed by atoms with Crippen LogP contribution < -0.4 is 5.32 Å². The molecule has 0 aliphatic heterocycles. The summed E-state index contributed by atoms with van der Waals surface area (Å²) < 4.78 is 7.29. The molecule has 0 fully saturated rings. The molecule has 92 valence electrons. The van der Waals surface area contributed by atoms with Crippen molar-refractivity contribution in [3.63, 3.8) is 0 Å². The number of hydrogen-bond acceptors (Lipinski definition) is 3. The van der Waals surface area contributed by atoms with Crippen LogP contribution in [0.5, 0.6) is 0 Å². The smallest absolute Gasteiger partial charge is 0.0622 e. The molecule has 1 aromatic rings. The van der Waals surface area contributed by atoms with Crippen LogP contribution in [0.3, 0.4) is 0 Å². The number of aromatic nitrogens is 2. The number of hydrogen-bond donors (Lipinski definition) is 1. The normalized spacial score (nSPS) is 13.3. The third kappa shape index (κ3) is 4.33. The lowest BCUT2D eigenvalue weighted by molar-refractivity contribution is 0.108. The van der Waals surface area contributed by atoms with Gasteiger partial charge in [0.25, 0.3) is 0 Å². The van der Waals surface area contributed by atoms with Gasteiger partial charge in [0.05, 0.1) is 12.8 Å². The summed E-state index contributed by atoms with van der Waals surface area (Å²) in [4.78, 5) is 0. The van der Waals surface area contributed by atoms with Crippen molar-refractivity contribution >= 4 is 0 Å². The first kappa shape index (κ1) is 13.2. The van der Waals surface area contributed by atoms with E-state index in [9.17, 15) is 0 Å². The van der Waals surface area contributed by atoms with Crippen LogP contribution in [-0.4, -0.2) is 29.0 Å². The van der Waals surface area contributed by atoms with Crippen molar-refractivity contribution in [2.45, 2.75) is 33.4 Å². The third-order valence-corrected chi connectivity index (χ3v) is 2.63. The average molecular weight is 225 g/mol. The SMILES string of the molecule is CCOCC(NCc1cnn(C)c1)C(C)C. The predicted molar refractivity (Wildman–Crippen MR) is 65.2 cm³/mol. The Labute approximate surface area is 98.0 Å². The summed E-state index contributed by atoms with van der Waals surface area (Å²) in [6.45, 7) is 8.84. The van der Waals surface area contributed by atoms with Crippen molar-refractivity contribution in [3.05, 3.63) is 18.0 Å². The van der Waals surface area contributed by atoms with Crippen LogP contribution in [0.2, 0.25) is 0 Å². The first-order valence-corrected chi connectivity index (χ1v) is 5.92. The zero-order valence-corrected chi connectivity index (χ0v) is 10.7. The van der Waals surface area contributed by atoms with Gasteiger partial charge in [-0.15, -0.1) is 0 Å². The zero-order chi connectivity index (χ0) is 12.0. The second kappa shape index (κ2) is 6.66. The molecule has 4 heteroatoms. The number of nitrogens with zero attached hydrogens (tertiary/aromatic N) is 2. The Bertz CT molecular complexity index is 296. The largest absolute Gasteiger partial charge is 0.380 e. The monoisotopic (exact) mass is 225 g/mol. The molecule has 1 heterocycles. The molecule has 0 aliphatic carbocycles. The van der Waals surface area contributed by atoms with E-state index < -0.39 is 0 Å². The van der Waals surface area contributed by atoms with Gasteiger partial charge in [0.15, 0.2) is 0 Å². The molecule has 16 heavy (non-hydrogen) atoms. The molecule has 0 saturated heterocycles. The van der Waals surface area contributed by atoms with Crippen LogP contribution >= 0.6 is 0 Å². The summed E-state index contributed by atoms with van der Waals surface area (Å²) in [6, 6.07) is 0.403. The van der Waals surface area contributed by atoms with E-state index in [1.54, 1.807) is 0 Å². The van der Waals surface area contributed by atoms with Gasteiger partial charge in [0, 0.05) is 38.0 Å². The second-order valence-corrected chi connectivity index (χ2v) is 4.41. The minimum atomic E-state index is 0.403. The highest BCUT2D eigenvalue weighted by molar-refractivity contribution is 5.03. The highest BCUT2D eigenvalue weighted by atomic mass is 16.5. The molecule has 0 aromatic carbocycles. The van der Waals surface area contributed by atoms with Crippen LogP contribution in [0.1, 0.15) is 26.3 Å². The van der Waals surface area contributed by atoms with E-state index in [4.69, 9.17) is 4.74 Å². The number of aryl methyl sites for hydroxylation is 1. The Morgan fingerprint density at radius 1 is 1.50 bits per heavy atom. The maximum absolute atomic E-state index is 5.47. The molecule has 0 radical (unpaired) electrons. The fourth-order valence-corrected chi connectivity index (χ4v) is 1.54. The highest BCUT2D eigenvalue weighted by Gasteiger charge is 2.12. The van der Waals surface area contributed by atoms with Crippen molar-refractivity contribution in [2.75, 3.05) is 13.2 Å². The molecule has 1 aromatic heterocycles. The Morgan fingerprint density at radius 2 is 2.25 bits per heavy atom. The Balaban J connectivity index is 2.37. The van der Waals surface area contributed by atoms with E-state index in [0.717, 1.165) is 19.8 Å². The molecule has 1 atom stereocenters. The fourth-order valence-electron chi connectivity index (χ4n) is 1.54. The molecule has 4 nitrogen and oxygen atoms in total. The van der Waals surface area contributed by atoms with Gasteiger partial charge in [0.1, 0.15) is 0 Å². The van der Waals surface area contributed by atoms with Gasteiger partial charge in [-0.1, -0.05) is 13.8 Å². The minimum absolute atomic E-state index is 0.403. The van der Waals surface area contributed by atoms with Gasteiger partial charge in [-0.2, -0.15) is 5.10 Å². The summed E-state index contributed by atoms with van der Waals surface area (Å²) in [6.07, 6.45) is 3.93. The van der Waals surface area contributed by atoms with Crippen molar-refractivity contribution < 1.29 is 4.74 Å². The van der Waals surface area contributed by atoms with Crippen molar-refractivity contribution in [1.29, 1.82) is 0 Å². The van der Waals surface area contributed by atoms with Crippen molar-refractivity contribution in [2.24, 2.45) is 13.0 Å². The van der Waals surface area contributed by atoms with Crippen molar-refractivity contribution in [1.82, 2.24) is 15.1 Å². The lowest BCUT2D eigenvalue weighted by atomic mass is 10.1. The summed E-state index contributed by atoms with van der Waals surface area (Å²) in [5, 5.41) is 7.65. The topological polar surface area (TPSA) is 39.1 Å². The standard InChI is InChI=1S/C12H23N3O/c1-5-16-9-12(10(2)3)13-6-11-7-14-15(4)8-11/h7-8,10,12-13H,5-6,9H2,1-4H3. The quantitative estimate of drug-likeness (QED) is 0.765. The van der Waals surface area contributed by atoms with Gasteiger partial charge < -0.3 is 10.1 Å². The molecule has 1 unspecified atom stereocenters. The molecule has 0 spiro atoms. The highest BCUT2D eigenvalue weighted by Crippen LogP contribution is 2.04. The van der Waals surface area contributed by atoms with Gasteiger partial charge in [-0.25, -0.2) is 0 Å². The lowest BCUT2D eigenvalue weighted by Gasteiger charge is -2.21. The summed E-state index contributed by atoms with van der Waals surface area (Å²) in [5.41, 5.74) is 1.21. The zero-order valence-electron chi connectivity index (χ0n) is 10.7. The Kier molecular flexibility index (Phi) is 5.49. The van der Waals surface area contributed by atoms with E-state index in [-0.39, 0.29) is 0 Å². The van der Waals surface area contributed by atoms with Gasteiger partial charge >= 0.3 is 0 Å². The van der Waals surface area contributed by atoms with Gasteiger partial charge in [-0.05, 0) is 12.8 Å². The molecule has 0 bridgehead atoms. The van der Waals surface area contributed by atoms with E-state index in [0.29, 0.717) is 12.0 Å². The molecule has 0 aliphatic rings. The van der Waals surface area contributed by atoms with E-state index in [1.165, 1.54) is 5.56 Å².